The molecule has 1 saturated heterocycles. The minimum Gasteiger partial charge on any atom is -0.362 e. The number of rotatable bonds is 0. The van der Waals surface area contributed by atoms with Crippen molar-refractivity contribution in [1.29, 1.82) is 0 Å². The van der Waals surface area contributed by atoms with E-state index in [2.05, 4.69) is 0 Å². The molecule has 1 fully saturated rings. The van der Waals surface area contributed by atoms with Crippen molar-refractivity contribution in [3.8, 4) is 0 Å². The van der Waals surface area contributed by atoms with E-state index in [1.807, 2.05) is 0 Å². The summed E-state index contributed by atoms with van der Waals surface area (Å²) in [5, 5.41) is 9.77. The van der Waals surface area contributed by atoms with Gasteiger partial charge in [0.1, 0.15) is 5.78 Å². The van der Waals surface area contributed by atoms with Crippen LogP contribution in [0.5, 0.6) is 0 Å². The molecule has 1 heterocycles. The van der Waals surface area contributed by atoms with E-state index in [-0.39, 0.29) is 18.8 Å². The van der Waals surface area contributed by atoms with Crippen molar-refractivity contribution in [3.05, 3.63) is 0 Å². The van der Waals surface area contributed by atoms with Crippen LogP contribution in [0, 0.1) is 5.41 Å². The highest BCUT2D eigenvalue weighted by Gasteiger charge is 2.55. The number of carbonyl (C=O) groups excluding carboxylic acids is 1. The Hall–Kier alpha value is 0.460. The van der Waals surface area contributed by atoms with Gasteiger partial charge in [-0.3, -0.25) is 4.79 Å². The number of Topliss-reactive ketones (excluding diaryl/α,β-unsaturated/α-hetero) is 1. The number of alkyl halides is 3. The summed E-state index contributed by atoms with van der Waals surface area (Å²) in [6, 6.07) is 0. The Labute approximate surface area is 97.3 Å². The maximum Gasteiger partial charge on any atom is 0.244 e. The van der Waals surface area contributed by atoms with Gasteiger partial charge in [-0.15, -0.1) is 0 Å². The second-order valence-electron chi connectivity index (χ2n) is 4.05. The first kappa shape index (κ1) is 12.5. The van der Waals surface area contributed by atoms with Gasteiger partial charge in [0.2, 0.25) is 9.58 Å². The van der Waals surface area contributed by atoms with Gasteiger partial charge in [0.25, 0.3) is 0 Å². The minimum atomic E-state index is -2.01. The Balaban J connectivity index is 2.87. The van der Waals surface area contributed by atoms with E-state index >= 15 is 0 Å². The Morgan fingerprint density at radius 3 is 2.29 bits per heavy atom. The summed E-state index contributed by atoms with van der Waals surface area (Å²) < 4.78 is 3.04. The lowest BCUT2D eigenvalue weighted by Gasteiger charge is -2.42. The highest BCUT2D eigenvalue weighted by molar-refractivity contribution is 6.68. The molecule has 0 aliphatic carbocycles. The summed E-state index contributed by atoms with van der Waals surface area (Å²) in [7, 11) is 0. The fourth-order valence-corrected chi connectivity index (χ4v) is 1.43. The average molecular weight is 262 g/mol. The molecule has 0 aromatic carbocycles. The van der Waals surface area contributed by atoms with Gasteiger partial charge in [0.15, 0.2) is 0 Å². The zero-order chi connectivity index (χ0) is 11.2. The van der Waals surface area contributed by atoms with Crippen molar-refractivity contribution in [2.45, 2.75) is 29.8 Å². The standard InChI is InChI=1S/C8H11Cl3O3/c1-6(2)4-14-7(13,3-5(6)12)8(9,10)11/h13H,3-4H2,1-2H3. The molecule has 1 aliphatic heterocycles. The van der Waals surface area contributed by atoms with Gasteiger partial charge in [-0.2, -0.15) is 0 Å². The van der Waals surface area contributed by atoms with Crippen LogP contribution in [0.2, 0.25) is 0 Å². The molecule has 6 heteroatoms. The molecule has 0 saturated carbocycles. The number of aliphatic hydroxyl groups is 1. The monoisotopic (exact) mass is 260 g/mol. The van der Waals surface area contributed by atoms with E-state index in [0.29, 0.717) is 0 Å². The van der Waals surface area contributed by atoms with Gasteiger partial charge < -0.3 is 9.84 Å². The molecule has 1 unspecified atom stereocenters. The van der Waals surface area contributed by atoms with Crippen LogP contribution < -0.4 is 0 Å². The smallest absolute Gasteiger partial charge is 0.244 e. The van der Waals surface area contributed by atoms with E-state index in [9.17, 15) is 9.90 Å². The van der Waals surface area contributed by atoms with Gasteiger partial charge in [0.05, 0.1) is 13.0 Å². The van der Waals surface area contributed by atoms with Gasteiger partial charge in [-0.05, 0) is 0 Å². The lowest BCUT2D eigenvalue weighted by Crippen LogP contribution is -2.55. The Kier molecular flexibility index (Phi) is 3.13. The zero-order valence-electron chi connectivity index (χ0n) is 7.81. The van der Waals surface area contributed by atoms with Gasteiger partial charge in [-0.25, -0.2) is 0 Å². The molecule has 82 valence electrons. The van der Waals surface area contributed by atoms with Crippen LogP contribution >= 0.6 is 34.8 Å². The first-order valence-electron chi connectivity index (χ1n) is 4.05. The first-order valence-corrected chi connectivity index (χ1v) is 5.18. The van der Waals surface area contributed by atoms with Gasteiger partial charge in [0, 0.05) is 5.41 Å². The van der Waals surface area contributed by atoms with Crippen molar-refractivity contribution >= 4 is 40.6 Å². The summed E-state index contributed by atoms with van der Waals surface area (Å²) in [4.78, 5) is 11.6. The highest BCUT2D eigenvalue weighted by Crippen LogP contribution is 2.45. The van der Waals surface area contributed by atoms with Crippen molar-refractivity contribution in [3.63, 3.8) is 0 Å². The van der Waals surface area contributed by atoms with Crippen LogP contribution in [0.4, 0.5) is 0 Å². The summed E-state index contributed by atoms with van der Waals surface area (Å²) in [6.07, 6.45) is -0.309. The minimum absolute atomic E-state index is 0.0379. The van der Waals surface area contributed by atoms with Crippen LogP contribution in [-0.4, -0.2) is 27.1 Å². The van der Waals surface area contributed by atoms with E-state index < -0.39 is 15.0 Å². The second-order valence-corrected chi connectivity index (χ2v) is 6.34. The molecule has 1 rings (SSSR count). The highest BCUT2D eigenvalue weighted by atomic mass is 35.6. The van der Waals surface area contributed by atoms with E-state index in [1.54, 1.807) is 13.8 Å². The zero-order valence-corrected chi connectivity index (χ0v) is 10.1. The molecular formula is C8H11Cl3O3. The van der Waals surface area contributed by atoms with Crippen LogP contribution in [0.1, 0.15) is 20.3 Å². The fourth-order valence-electron chi connectivity index (χ4n) is 1.07. The lowest BCUT2D eigenvalue weighted by atomic mass is 9.83. The molecular weight excluding hydrogens is 250 g/mol. The predicted octanol–water partition coefficient (Wildman–Crippen LogP) is 2.06. The van der Waals surface area contributed by atoms with Crippen molar-refractivity contribution in [2.75, 3.05) is 6.61 Å². The third-order valence-corrected chi connectivity index (χ3v) is 3.16. The second kappa shape index (κ2) is 3.49. The maximum absolute atomic E-state index is 11.6. The van der Waals surface area contributed by atoms with Gasteiger partial charge in [-0.1, -0.05) is 48.7 Å². The fraction of sp³-hybridized carbons (Fsp3) is 0.875. The van der Waals surface area contributed by atoms with Crippen LogP contribution in [0.15, 0.2) is 0 Å². The third-order valence-electron chi connectivity index (χ3n) is 2.27. The van der Waals surface area contributed by atoms with Gasteiger partial charge >= 0.3 is 0 Å². The molecule has 1 atom stereocenters. The molecule has 0 radical (unpaired) electrons. The quantitative estimate of drug-likeness (QED) is 0.679. The molecule has 1 aliphatic rings. The van der Waals surface area contributed by atoms with E-state index in [0.717, 1.165) is 0 Å². The molecule has 0 spiro atoms. The van der Waals surface area contributed by atoms with Crippen molar-refractivity contribution in [1.82, 2.24) is 0 Å². The van der Waals surface area contributed by atoms with E-state index in [4.69, 9.17) is 39.5 Å². The van der Waals surface area contributed by atoms with Crippen molar-refractivity contribution < 1.29 is 14.6 Å². The number of ether oxygens (including phenoxy) is 1. The Morgan fingerprint density at radius 1 is 1.43 bits per heavy atom. The summed E-state index contributed by atoms with van der Waals surface area (Å²) in [6.45, 7) is 3.47. The number of carbonyl (C=O) groups is 1. The van der Waals surface area contributed by atoms with Crippen molar-refractivity contribution in [2.24, 2.45) is 5.41 Å². The lowest BCUT2D eigenvalue weighted by molar-refractivity contribution is -0.235. The van der Waals surface area contributed by atoms with Crippen LogP contribution in [0.25, 0.3) is 0 Å². The summed E-state index contributed by atoms with van der Waals surface area (Å²) in [5.74, 6) is -2.19. The molecule has 3 nitrogen and oxygen atoms in total. The van der Waals surface area contributed by atoms with Crippen LogP contribution in [0.3, 0.4) is 0 Å². The number of halogens is 3. The molecule has 0 aromatic heterocycles. The third kappa shape index (κ3) is 2.17. The average Bonchev–Trinajstić information content (AvgIpc) is 1.96. The number of ketones is 1. The summed E-state index contributed by atoms with van der Waals surface area (Å²) in [5.41, 5.74) is -0.637. The molecule has 0 amide bonds. The predicted molar refractivity (Wildman–Crippen MR) is 54.6 cm³/mol. The maximum atomic E-state index is 11.6. The van der Waals surface area contributed by atoms with Crippen LogP contribution in [-0.2, 0) is 9.53 Å². The molecule has 0 aromatic rings. The normalized spacial score (nSPS) is 33.1. The summed E-state index contributed by atoms with van der Waals surface area (Å²) >= 11 is 16.5. The molecule has 14 heavy (non-hydrogen) atoms. The molecule has 0 bridgehead atoms. The van der Waals surface area contributed by atoms with E-state index in [1.165, 1.54) is 0 Å². The molecule has 1 N–H and O–H groups in total. The Bertz CT molecular complexity index is 259. The largest absolute Gasteiger partial charge is 0.362 e. The topological polar surface area (TPSA) is 46.5 Å². The Morgan fingerprint density at radius 2 is 1.93 bits per heavy atom. The number of hydrogen-bond acceptors (Lipinski definition) is 3. The number of hydrogen-bond donors (Lipinski definition) is 1. The SMILES string of the molecule is CC1(C)COC(O)(C(Cl)(Cl)Cl)CC1=O. The first-order chi connectivity index (χ1) is 6.08.